The van der Waals surface area contributed by atoms with Crippen molar-refractivity contribution < 1.29 is 4.52 Å². The molecule has 1 aliphatic carbocycles. The van der Waals surface area contributed by atoms with Crippen molar-refractivity contribution in [1.82, 2.24) is 19.5 Å². The molecule has 0 atom stereocenters. The quantitative estimate of drug-likeness (QED) is 0.487. The minimum atomic E-state index is -0.397. The maximum atomic E-state index is 6.27. The van der Waals surface area contributed by atoms with Gasteiger partial charge in [0.15, 0.2) is 5.82 Å². The van der Waals surface area contributed by atoms with E-state index in [-0.39, 0.29) is 12.4 Å². The third kappa shape index (κ3) is 3.53. The Labute approximate surface area is 173 Å². The summed E-state index contributed by atoms with van der Waals surface area (Å²) >= 11 is 1.75. The first kappa shape index (κ1) is 19.0. The van der Waals surface area contributed by atoms with E-state index in [0.717, 1.165) is 41.9 Å². The Kier molecular flexibility index (Phi) is 5.14. The lowest BCUT2D eigenvalue weighted by Crippen LogP contribution is -2.44. The highest BCUT2D eigenvalue weighted by Crippen LogP contribution is 2.37. The summed E-state index contributed by atoms with van der Waals surface area (Å²) in [4.78, 5) is 10.3. The van der Waals surface area contributed by atoms with Gasteiger partial charge in [0.05, 0.1) is 11.2 Å². The van der Waals surface area contributed by atoms with Crippen LogP contribution in [-0.2, 0) is 11.3 Å². The van der Waals surface area contributed by atoms with E-state index in [1.54, 1.807) is 11.8 Å². The highest BCUT2D eigenvalue weighted by Gasteiger charge is 2.39. The van der Waals surface area contributed by atoms with Crippen LogP contribution in [0.3, 0.4) is 0 Å². The standard InChI is InChI=1S/C20H19N5OS.ClH/c21-20(9-3-10-20)19-23-18(26-24-19)14-5-7-16(8-6-14)27-13-15-12-25-11-2-1-4-17(25)22-15;/h1-2,4-8,11-12H,3,9-10,13,21H2;1H. The van der Waals surface area contributed by atoms with Crippen LogP contribution in [0, 0.1) is 0 Å². The highest BCUT2D eigenvalue weighted by atomic mass is 35.5. The van der Waals surface area contributed by atoms with E-state index in [4.69, 9.17) is 10.3 Å². The molecule has 0 amide bonds. The minimum Gasteiger partial charge on any atom is -0.334 e. The van der Waals surface area contributed by atoms with E-state index < -0.39 is 5.54 Å². The summed E-state index contributed by atoms with van der Waals surface area (Å²) in [5.74, 6) is 1.97. The van der Waals surface area contributed by atoms with Crippen LogP contribution in [0.15, 0.2) is 64.3 Å². The molecule has 5 rings (SSSR count). The summed E-state index contributed by atoms with van der Waals surface area (Å²) in [6.45, 7) is 0. The molecule has 0 unspecified atom stereocenters. The van der Waals surface area contributed by atoms with Crippen LogP contribution in [-0.4, -0.2) is 19.5 Å². The maximum Gasteiger partial charge on any atom is 0.257 e. The van der Waals surface area contributed by atoms with E-state index in [9.17, 15) is 0 Å². The number of nitrogens with zero attached hydrogens (tertiary/aromatic N) is 4. The Balaban J connectivity index is 0.00000192. The smallest absolute Gasteiger partial charge is 0.257 e. The van der Waals surface area contributed by atoms with Gasteiger partial charge in [-0.2, -0.15) is 4.98 Å². The molecule has 6 nitrogen and oxygen atoms in total. The fraction of sp³-hybridized carbons (Fsp3) is 0.250. The zero-order valence-electron chi connectivity index (χ0n) is 15.1. The van der Waals surface area contributed by atoms with Gasteiger partial charge in [-0.05, 0) is 55.7 Å². The van der Waals surface area contributed by atoms with Crippen molar-refractivity contribution in [3.05, 3.63) is 66.4 Å². The van der Waals surface area contributed by atoms with Crippen molar-refractivity contribution in [2.24, 2.45) is 5.73 Å². The van der Waals surface area contributed by atoms with Crippen LogP contribution >= 0.6 is 24.2 Å². The molecule has 0 aliphatic heterocycles. The Morgan fingerprint density at radius 3 is 2.64 bits per heavy atom. The van der Waals surface area contributed by atoms with Crippen molar-refractivity contribution in [1.29, 1.82) is 0 Å². The van der Waals surface area contributed by atoms with Gasteiger partial charge in [-0.15, -0.1) is 24.2 Å². The van der Waals surface area contributed by atoms with Gasteiger partial charge in [0.1, 0.15) is 5.65 Å². The summed E-state index contributed by atoms with van der Waals surface area (Å²) in [7, 11) is 0. The molecule has 0 saturated heterocycles. The third-order valence-electron chi connectivity index (χ3n) is 5.02. The van der Waals surface area contributed by atoms with Crippen LogP contribution in [0.2, 0.25) is 0 Å². The van der Waals surface area contributed by atoms with Crippen LogP contribution in [0.5, 0.6) is 0 Å². The number of hydrogen-bond acceptors (Lipinski definition) is 6. The van der Waals surface area contributed by atoms with Crippen molar-refractivity contribution in [2.75, 3.05) is 0 Å². The van der Waals surface area contributed by atoms with Gasteiger partial charge in [0, 0.05) is 28.6 Å². The molecule has 0 bridgehead atoms. The summed E-state index contributed by atoms with van der Waals surface area (Å²) in [6, 6.07) is 14.2. The number of fused-ring (bicyclic) bond motifs is 1. The first-order chi connectivity index (χ1) is 13.2. The van der Waals surface area contributed by atoms with E-state index >= 15 is 0 Å². The number of pyridine rings is 1. The van der Waals surface area contributed by atoms with Crippen LogP contribution in [0.25, 0.3) is 17.1 Å². The molecule has 8 heteroatoms. The van der Waals surface area contributed by atoms with E-state index in [2.05, 4.69) is 33.5 Å². The second-order valence-corrected chi connectivity index (χ2v) is 7.99. The molecule has 4 aromatic rings. The maximum absolute atomic E-state index is 6.27. The number of thioether (sulfide) groups is 1. The van der Waals surface area contributed by atoms with Crippen molar-refractivity contribution in [3.8, 4) is 11.5 Å². The Bertz CT molecular complexity index is 1050. The molecule has 1 fully saturated rings. The molecule has 1 aliphatic rings. The van der Waals surface area contributed by atoms with E-state index in [0.29, 0.717) is 11.7 Å². The van der Waals surface area contributed by atoms with Crippen LogP contribution in [0.4, 0.5) is 0 Å². The van der Waals surface area contributed by atoms with Crippen molar-refractivity contribution >= 4 is 29.8 Å². The first-order valence-electron chi connectivity index (χ1n) is 8.99. The molecule has 2 N–H and O–H groups in total. The molecule has 0 radical (unpaired) electrons. The van der Waals surface area contributed by atoms with Gasteiger partial charge in [0.25, 0.3) is 5.89 Å². The van der Waals surface area contributed by atoms with E-state index in [1.807, 2.05) is 40.9 Å². The summed E-state index contributed by atoms with van der Waals surface area (Å²) in [5, 5.41) is 4.08. The molecule has 1 aromatic carbocycles. The average Bonchev–Trinajstić information content (AvgIpc) is 3.32. The predicted molar refractivity (Wildman–Crippen MR) is 111 cm³/mol. The molecule has 1 saturated carbocycles. The van der Waals surface area contributed by atoms with Gasteiger partial charge >= 0.3 is 0 Å². The van der Waals surface area contributed by atoms with Gasteiger partial charge < -0.3 is 14.7 Å². The number of rotatable bonds is 5. The number of nitrogens with two attached hydrogens (primary N) is 1. The molecular formula is C20H20ClN5OS. The lowest BCUT2D eigenvalue weighted by atomic mass is 9.77. The second-order valence-electron chi connectivity index (χ2n) is 6.94. The minimum absolute atomic E-state index is 0. The van der Waals surface area contributed by atoms with Crippen LogP contribution in [0.1, 0.15) is 30.8 Å². The normalized spacial score (nSPS) is 15.2. The Morgan fingerprint density at radius 1 is 1.11 bits per heavy atom. The Hall–Kier alpha value is -2.35. The predicted octanol–water partition coefficient (Wildman–Crippen LogP) is 4.44. The van der Waals surface area contributed by atoms with Crippen LogP contribution < -0.4 is 5.73 Å². The number of benzene rings is 1. The molecule has 0 spiro atoms. The Morgan fingerprint density at radius 2 is 1.93 bits per heavy atom. The number of imidazole rings is 1. The third-order valence-corrected chi connectivity index (χ3v) is 6.06. The number of halogens is 1. The van der Waals surface area contributed by atoms with Crippen molar-refractivity contribution in [3.63, 3.8) is 0 Å². The number of hydrogen-bond donors (Lipinski definition) is 1. The first-order valence-corrected chi connectivity index (χ1v) is 9.97. The van der Waals surface area contributed by atoms with Gasteiger partial charge in [-0.25, -0.2) is 4.98 Å². The van der Waals surface area contributed by atoms with Gasteiger partial charge in [-0.1, -0.05) is 11.2 Å². The fourth-order valence-electron chi connectivity index (χ4n) is 3.23. The zero-order chi connectivity index (χ0) is 18.3. The lowest BCUT2D eigenvalue weighted by Gasteiger charge is -2.34. The summed E-state index contributed by atoms with van der Waals surface area (Å²) in [6.07, 6.45) is 7.05. The largest absolute Gasteiger partial charge is 0.334 e. The zero-order valence-corrected chi connectivity index (χ0v) is 16.7. The fourth-order valence-corrected chi connectivity index (χ4v) is 4.01. The monoisotopic (exact) mass is 413 g/mol. The molecule has 28 heavy (non-hydrogen) atoms. The SMILES string of the molecule is Cl.NC1(c2noc(-c3ccc(SCc4cn5ccccc5n4)cc3)n2)CCC1. The summed E-state index contributed by atoms with van der Waals surface area (Å²) < 4.78 is 7.46. The molecule has 3 heterocycles. The summed E-state index contributed by atoms with van der Waals surface area (Å²) in [5.41, 5.74) is 8.81. The van der Waals surface area contributed by atoms with Crippen molar-refractivity contribution in [2.45, 2.75) is 35.4 Å². The molecular weight excluding hydrogens is 394 g/mol. The van der Waals surface area contributed by atoms with Gasteiger partial charge in [-0.3, -0.25) is 0 Å². The second kappa shape index (κ2) is 7.58. The lowest BCUT2D eigenvalue weighted by molar-refractivity contribution is 0.229. The topological polar surface area (TPSA) is 82.2 Å². The highest BCUT2D eigenvalue weighted by molar-refractivity contribution is 7.98. The average molecular weight is 414 g/mol. The van der Waals surface area contributed by atoms with E-state index in [1.165, 1.54) is 4.90 Å². The number of aromatic nitrogens is 4. The molecule has 3 aromatic heterocycles. The molecule has 144 valence electrons. The van der Waals surface area contributed by atoms with Gasteiger partial charge in [0.2, 0.25) is 0 Å².